The van der Waals surface area contributed by atoms with Gasteiger partial charge in [-0.15, -0.1) is 0 Å². The van der Waals surface area contributed by atoms with Gasteiger partial charge in [0.2, 0.25) is 0 Å². The summed E-state index contributed by atoms with van der Waals surface area (Å²) in [5, 5.41) is 9.24. The van der Waals surface area contributed by atoms with Crippen molar-refractivity contribution in [3.8, 4) is 0 Å². The molecule has 0 aliphatic carbocycles. The van der Waals surface area contributed by atoms with Gasteiger partial charge in [0.05, 0.1) is 24.8 Å². The van der Waals surface area contributed by atoms with Gasteiger partial charge in [0.1, 0.15) is 5.92 Å². The van der Waals surface area contributed by atoms with Crippen molar-refractivity contribution in [2.75, 3.05) is 19.8 Å². The molecule has 0 radical (unpaired) electrons. The average molecular weight is 421 g/mol. The summed E-state index contributed by atoms with van der Waals surface area (Å²) in [5.74, 6) is -1.82. The first-order valence-electron chi connectivity index (χ1n) is 6.52. The van der Waals surface area contributed by atoms with Crippen molar-refractivity contribution in [3.63, 3.8) is 0 Å². The molecule has 0 bridgehead atoms. The average Bonchev–Trinajstić information content (AvgIpc) is 2.91. The lowest BCUT2D eigenvalue weighted by Gasteiger charge is -2.29. The molecule has 1 aromatic rings. The second-order valence-electron chi connectivity index (χ2n) is 4.76. The lowest BCUT2D eigenvalue weighted by molar-refractivity contribution is -0.142. The first-order valence-corrected chi connectivity index (χ1v) is 8.10. The Labute approximate surface area is 139 Å². The molecule has 2 rings (SSSR count). The molecule has 5 nitrogen and oxygen atoms in total. The van der Waals surface area contributed by atoms with E-state index < -0.39 is 17.9 Å². The maximum absolute atomic E-state index is 12.7. The van der Waals surface area contributed by atoms with Crippen molar-refractivity contribution in [2.45, 2.75) is 13.0 Å². The Kier molecular flexibility index (Phi) is 5.40. The molecule has 1 N–H and O–H groups in total. The van der Waals surface area contributed by atoms with Crippen LogP contribution in [-0.4, -0.2) is 47.7 Å². The predicted octanol–water partition coefficient (Wildman–Crippen LogP) is 2.77. The van der Waals surface area contributed by atoms with Gasteiger partial charge in [0.25, 0.3) is 5.91 Å². The highest BCUT2D eigenvalue weighted by atomic mass is 79.9. The number of aliphatic carboxylic acids is 1. The number of carbonyl (C=O) groups is 2. The van der Waals surface area contributed by atoms with Gasteiger partial charge < -0.3 is 14.7 Å². The summed E-state index contributed by atoms with van der Waals surface area (Å²) in [6.07, 6.45) is 0. The second-order valence-corrected chi connectivity index (χ2v) is 6.53. The van der Waals surface area contributed by atoms with Gasteiger partial charge >= 0.3 is 5.97 Å². The fraction of sp³-hybridized carbons (Fsp3) is 0.429. The van der Waals surface area contributed by atoms with Gasteiger partial charge in [-0.1, -0.05) is 15.9 Å². The van der Waals surface area contributed by atoms with Gasteiger partial charge in [0.15, 0.2) is 0 Å². The van der Waals surface area contributed by atoms with Gasteiger partial charge in [-0.2, -0.15) is 0 Å². The molecule has 114 valence electrons. The molecule has 1 aliphatic heterocycles. The number of carboxylic acid groups (broad SMARTS) is 1. The highest BCUT2D eigenvalue weighted by molar-refractivity contribution is 9.11. The van der Waals surface area contributed by atoms with Gasteiger partial charge in [0, 0.05) is 15.5 Å². The summed E-state index contributed by atoms with van der Waals surface area (Å²) >= 11 is 6.71. The molecule has 0 saturated carbocycles. The Hall–Kier alpha value is -0.920. The van der Waals surface area contributed by atoms with Crippen molar-refractivity contribution in [1.82, 2.24) is 4.90 Å². The third-order valence-electron chi connectivity index (χ3n) is 3.53. The molecule has 1 aromatic carbocycles. The molecule has 1 heterocycles. The zero-order valence-electron chi connectivity index (χ0n) is 11.4. The van der Waals surface area contributed by atoms with Crippen molar-refractivity contribution >= 4 is 43.7 Å². The summed E-state index contributed by atoms with van der Waals surface area (Å²) in [7, 11) is 0. The zero-order valence-corrected chi connectivity index (χ0v) is 14.6. The van der Waals surface area contributed by atoms with E-state index in [-0.39, 0.29) is 19.1 Å². The number of likely N-dealkylation sites (N-methyl/N-ethyl adjacent to an activating group) is 1. The molecule has 1 aliphatic rings. The van der Waals surface area contributed by atoms with Crippen LogP contribution in [0.2, 0.25) is 0 Å². The number of amides is 1. The first-order chi connectivity index (χ1) is 9.95. The molecule has 1 saturated heterocycles. The minimum Gasteiger partial charge on any atom is -0.481 e. The molecule has 1 amide bonds. The van der Waals surface area contributed by atoms with Crippen LogP contribution in [0.5, 0.6) is 0 Å². The maximum atomic E-state index is 12.7. The van der Waals surface area contributed by atoms with Crippen LogP contribution in [0.25, 0.3) is 0 Å². The normalized spacial score (nSPS) is 21.3. The Morgan fingerprint density at radius 2 is 2.10 bits per heavy atom. The lowest BCUT2D eigenvalue weighted by atomic mass is 10.0. The summed E-state index contributed by atoms with van der Waals surface area (Å²) in [4.78, 5) is 25.6. The van der Waals surface area contributed by atoms with Crippen molar-refractivity contribution in [3.05, 3.63) is 32.7 Å². The summed E-state index contributed by atoms with van der Waals surface area (Å²) < 4.78 is 6.73. The van der Waals surface area contributed by atoms with E-state index in [2.05, 4.69) is 31.9 Å². The standard InChI is InChI=1S/C14H15Br2NO4/c1-2-17(12-7-21-6-10(12)14(19)20)13(18)9-5-8(15)3-4-11(9)16/h3-5,10,12H,2,6-7H2,1H3,(H,19,20). The van der Waals surface area contributed by atoms with Crippen LogP contribution in [0, 0.1) is 5.92 Å². The highest BCUT2D eigenvalue weighted by Crippen LogP contribution is 2.26. The van der Waals surface area contributed by atoms with Crippen molar-refractivity contribution < 1.29 is 19.4 Å². The topological polar surface area (TPSA) is 66.8 Å². The lowest BCUT2D eigenvalue weighted by Crippen LogP contribution is -2.46. The minimum absolute atomic E-state index is 0.142. The van der Waals surface area contributed by atoms with Crippen LogP contribution < -0.4 is 0 Å². The molecule has 1 fully saturated rings. The van der Waals surface area contributed by atoms with Gasteiger partial charge in [-0.05, 0) is 41.1 Å². The van der Waals surface area contributed by atoms with E-state index in [0.717, 1.165) is 4.47 Å². The zero-order chi connectivity index (χ0) is 15.6. The summed E-state index contributed by atoms with van der Waals surface area (Å²) in [5.41, 5.74) is 0.502. The van der Waals surface area contributed by atoms with E-state index in [1.807, 2.05) is 13.0 Å². The van der Waals surface area contributed by atoms with Crippen LogP contribution in [0.4, 0.5) is 0 Å². The smallest absolute Gasteiger partial charge is 0.311 e. The van der Waals surface area contributed by atoms with Crippen LogP contribution in [0.15, 0.2) is 27.1 Å². The first kappa shape index (κ1) is 16.5. The number of rotatable bonds is 4. The van der Waals surface area contributed by atoms with Crippen LogP contribution in [0.1, 0.15) is 17.3 Å². The Morgan fingerprint density at radius 3 is 2.71 bits per heavy atom. The SMILES string of the molecule is CCN(C(=O)c1cc(Br)ccc1Br)C1COCC1C(=O)O. The fourth-order valence-electron chi connectivity index (χ4n) is 2.43. The Bertz CT molecular complexity index is 564. The van der Waals surface area contributed by atoms with Crippen LogP contribution in [0.3, 0.4) is 0 Å². The number of halogens is 2. The monoisotopic (exact) mass is 419 g/mol. The molecular formula is C14H15Br2NO4. The van der Waals surface area contributed by atoms with Gasteiger partial charge in [-0.3, -0.25) is 9.59 Å². The van der Waals surface area contributed by atoms with Crippen molar-refractivity contribution in [2.24, 2.45) is 5.92 Å². The Balaban J connectivity index is 2.30. The molecule has 21 heavy (non-hydrogen) atoms. The second kappa shape index (κ2) is 6.89. The molecule has 2 atom stereocenters. The van der Waals surface area contributed by atoms with E-state index >= 15 is 0 Å². The number of benzene rings is 1. The molecule has 0 spiro atoms. The van der Waals surface area contributed by atoms with E-state index in [1.165, 1.54) is 0 Å². The van der Waals surface area contributed by atoms with E-state index in [1.54, 1.807) is 17.0 Å². The summed E-state index contributed by atoms with van der Waals surface area (Å²) in [6.45, 7) is 2.65. The van der Waals surface area contributed by atoms with E-state index in [0.29, 0.717) is 16.6 Å². The molecule has 7 heteroatoms. The number of carbonyl (C=O) groups excluding carboxylic acids is 1. The number of hydrogen-bond donors (Lipinski definition) is 1. The van der Waals surface area contributed by atoms with Crippen LogP contribution in [-0.2, 0) is 9.53 Å². The molecule has 2 unspecified atom stereocenters. The highest BCUT2D eigenvalue weighted by Gasteiger charge is 2.39. The predicted molar refractivity (Wildman–Crippen MR) is 84.3 cm³/mol. The van der Waals surface area contributed by atoms with E-state index in [9.17, 15) is 14.7 Å². The van der Waals surface area contributed by atoms with E-state index in [4.69, 9.17) is 4.74 Å². The van der Waals surface area contributed by atoms with Gasteiger partial charge in [-0.25, -0.2) is 0 Å². The Morgan fingerprint density at radius 1 is 1.38 bits per heavy atom. The summed E-state index contributed by atoms with van der Waals surface area (Å²) in [6, 6.07) is 4.90. The molecule has 0 aromatic heterocycles. The number of carboxylic acids is 1. The van der Waals surface area contributed by atoms with Crippen molar-refractivity contribution in [1.29, 1.82) is 0 Å². The third-order valence-corrected chi connectivity index (χ3v) is 4.71. The fourth-order valence-corrected chi connectivity index (χ4v) is 3.21. The quantitative estimate of drug-likeness (QED) is 0.813. The third kappa shape index (κ3) is 3.46. The largest absolute Gasteiger partial charge is 0.481 e. The number of ether oxygens (including phenoxy) is 1. The maximum Gasteiger partial charge on any atom is 0.311 e. The minimum atomic E-state index is -0.933. The number of nitrogens with zero attached hydrogens (tertiary/aromatic N) is 1. The number of hydrogen-bond acceptors (Lipinski definition) is 3. The molecular weight excluding hydrogens is 406 g/mol. The van der Waals surface area contributed by atoms with Crippen LogP contribution >= 0.6 is 31.9 Å².